The lowest BCUT2D eigenvalue weighted by atomic mass is 10.2. The first kappa shape index (κ1) is 17.7. The molecule has 0 spiro atoms. The molecule has 1 heterocycles. The highest BCUT2D eigenvalue weighted by Crippen LogP contribution is 2.27. The van der Waals surface area contributed by atoms with Crippen molar-refractivity contribution in [2.75, 3.05) is 11.9 Å². The maximum atomic E-state index is 12.1. The molecule has 0 aliphatic heterocycles. The third-order valence-corrected chi connectivity index (χ3v) is 4.66. The summed E-state index contributed by atoms with van der Waals surface area (Å²) < 4.78 is 6.98. The van der Waals surface area contributed by atoms with Gasteiger partial charge in [0.15, 0.2) is 0 Å². The Labute approximate surface area is 151 Å². The Kier molecular flexibility index (Phi) is 6.01. The van der Waals surface area contributed by atoms with Crippen molar-refractivity contribution in [2.24, 2.45) is 0 Å². The molecule has 122 valence electrons. The van der Waals surface area contributed by atoms with E-state index in [-0.39, 0.29) is 24.8 Å². The van der Waals surface area contributed by atoms with Crippen LogP contribution in [0.25, 0.3) is 0 Å². The summed E-state index contributed by atoms with van der Waals surface area (Å²) in [5.74, 6) is 0.779. The van der Waals surface area contributed by atoms with E-state index in [0.717, 1.165) is 4.47 Å². The van der Waals surface area contributed by atoms with Crippen LogP contribution in [0.4, 0.5) is 5.69 Å². The number of furan rings is 1. The molecule has 2 amide bonds. The molecule has 7 heteroatoms. The maximum Gasteiger partial charge on any atom is 0.256 e. The minimum atomic E-state index is -0.261. The third kappa shape index (κ3) is 4.68. The second-order valence-corrected chi connectivity index (χ2v) is 6.67. The molecular weight excluding hydrogens is 428 g/mol. The second kappa shape index (κ2) is 7.79. The first-order chi connectivity index (χ1) is 10.9. The molecule has 1 aromatic heterocycles. The zero-order valence-electron chi connectivity index (χ0n) is 12.7. The second-order valence-electron chi connectivity index (χ2n) is 4.96. The Balaban J connectivity index is 1.83. The number of hydrogen-bond donors (Lipinski definition) is 2. The highest BCUT2D eigenvalue weighted by atomic mass is 79.9. The molecule has 1 aromatic carbocycles. The minimum Gasteiger partial charge on any atom is -0.465 e. The fourth-order valence-electron chi connectivity index (χ4n) is 2.05. The Morgan fingerprint density at radius 3 is 2.30 bits per heavy atom. The largest absolute Gasteiger partial charge is 0.465 e. The van der Waals surface area contributed by atoms with Gasteiger partial charge in [0.05, 0.1) is 10.0 Å². The zero-order chi connectivity index (χ0) is 17.0. The van der Waals surface area contributed by atoms with E-state index >= 15 is 0 Å². The van der Waals surface area contributed by atoms with Crippen molar-refractivity contribution < 1.29 is 14.0 Å². The average molecular weight is 444 g/mol. The van der Waals surface area contributed by atoms with E-state index < -0.39 is 0 Å². The predicted octanol–water partition coefficient (Wildman–Crippen LogP) is 4.18. The van der Waals surface area contributed by atoms with E-state index in [1.807, 2.05) is 12.1 Å². The first-order valence-electron chi connectivity index (χ1n) is 6.97. The molecule has 2 aromatic rings. The van der Waals surface area contributed by atoms with Crippen molar-refractivity contribution >= 4 is 49.4 Å². The number of carbonyl (C=O) groups is 2. The summed E-state index contributed by atoms with van der Waals surface area (Å²) in [6, 6.07) is 7.29. The highest BCUT2D eigenvalue weighted by Gasteiger charge is 2.19. The fourth-order valence-corrected chi connectivity index (χ4v) is 2.85. The molecule has 2 rings (SSSR count). The number of amides is 2. The van der Waals surface area contributed by atoms with E-state index in [4.69, 9.17) is 4.42 Å². The van der Waals surface area contributed by atoms with Gasteiger partial charge in [0.25, 0.3) is 5.91 Å². The highest BCUT2D eigenvalue weighted by molar-refractivity contribution is 9.10. The molecule has 0 aliphatic carbocycles. The van der Waals surface area contributed by atoms with Crippen LogP contribution in [0.3, 0.4) is 0 Å². The molecule has 0 saturated carbocycles. The molecular formula is C16H16Br2N2O3. The van der Waals surface area contributed by atoms with E-state index in [9.17, 15) is 9.59 Å². The van der Waals surface area contributed by atoms with Crippen LogP contribution in [0.15, 0.2) is 37.6 Å². The Hall–Kier alpha value is -1.60. The van der Waals surface area contributed by atoms with Gasteiger partial charge in [0, 0.05) is 23.1 Å². The number of rotatable bonds is 5. The molecule has 0 aliphatic rings. The van der Waals surface area contributed by atoms with Gasteiger partial charge in [0.2, 0.25) is 5.91 Å². The molecule has 0 radical (unpaired) electrons. The predicted molar refractivity (Wildman–Crippen MR) is 95.6 cm³/mol. The topological polar surface area (TPSA) is 71.3 Å². The van der Waals surface area contributed by atoms with Crippen molar-refractivity contribution in [2.45, 2.75) is 20.3 Å². The number of nitrogens with one attached hydrogen (secondary N) is 2. The van der Waals surface area contributed by atoms with Crippen LogP contribution in [-0.2, 0) is 4.79 Å². The molecule has 2 N–H and O–H groups in total. The average Bonchev–Trinajstić information content (AvgIpc) is 2.74. The number of aryl methyl sites for hydroxylation is 2. The van der Waals surface area contributed by atoms with Gasteiger partial charge in [-0.05, 0) is 54.0 Å². The number of anilines is 1. The van der Waals surface area contributed by atoms with Crippen LogP contribution in [0.1, 0.15) is 28.3 Å². The normalized spacial score (nSPS) is 10.4. The summed E-state index contributed by atoms with van der Waals surface area (Å²) in [5.41, 5.74) is 1.18. The van der Waals surface area contributed by atoms with Crippen molar-refractivity contribution in [1.82, 2.24) is 5.32 Å². The molecule has 23 heavy (non-hydrogen) atoms. The molecule has 0 saturated heterocycles. The van der Waals surface area contributed by atoms with Gasteiger partial charge in [-0.2, -0.15) is 0 Å². The van der Waals surface area contributed by atoms with Crippen LogP contribution in [0.2, 0.25) is 0 Å². The Bertz CT molecular complexity index is 724. The fraction of sp³-hybridized carbons (Fsp3) is 0.250. The van der Waals surface area contributed by atoms with Gasteiger partial charge in [-0.1, -0.05) is 15.9 Å². The van der Waals surface area contributed by atoms with Crippen LogP contribution in [0, 0.1) is 13.8 Å². The van der Waals surface area contributed by atoms with Gasteiger partial charge in [-0.15, -0.1) is 0 Å². The molecule has 0 bridgehead atoms. The lowest BCUT2D eigenvalue weighted by Gasteiger charge is -2.07. The monoisotopic (exact) mass is 442 g/mol. The lowest BCUT2D eigenvalue weighted by molar-refractivity contribution is -0.116. The van der Waals surface area contributed by atoms with Gasteiger partial charge < -0.3 is 15.1 Å². The standard InChI is InChI=1S/C16H16Br2N2O3/c1-9-14(15(18)10(2)23-9)16(22)19-8-7-13(21)20-12-5-3-11(17)4-6-12/h3-6H,7-8H2,1-2H3,(H,19,22)(H,20,21). The zero-order valence-corrected chi connectivity index (χ0v) is 15.9. The van der Waals surface area contributed by atoms with Gasteiger partial charge >= 0.3 is 0 Å². The van der Waals surface area contributed by atoms with Crippen LogP contribution < -0.4 is 10.6 Å². The summed E-state index contributed by atoms with van der Waals surface area (Å²) in [4.78, 5) is 24.0. The Morgan fingerprint density at radius 2 is 1.74 bits per heavy atom. The van der Waals surface area contributed by atoms with Gasteiger partial charge in [-0.25, -0.2) is 0 Å². The Morgan fingerprint density at radius 1 is 1.09 bits per heavy atom. The molecule has 0 atom stereocenters. The summed E-state index contributed by atoms with van der Waals surface area (Å²) in [7, 11) is 0. The van der Waals surface area contributed by atoms with Crippen molar-refractivity contribution in [3.05, 3.63) is 50.3 Å². The van der Waals surface area contributed by atoms with Crippen molar-refractivity contribution in [3.63, 3.8) is 0 Å². The molecule has 5 nitrogen and oxygen atoms in total. The van der Waals surface area contributed by atoms with Crippen LogP contribution >= 0.6 is 31.9 Å². The number of hydrogen-bond acceptors (Lipinski definition) is 3. The molecule has 0 unspecified atom stereocenters. The van der Waals surface area contributed by atoms with E-state index in [2.05, 4.69) is 42.5 Å². The number of benzene rings is 1. The lowest BCUT2D eigenvalue weighted by Crippen LogP contribution is -2.28. The van der Waals surface area contributed by atoms with Crippen LogP contribution in [0.5, 0.6) is 0 Å². The van der Waals surface area contributed by atoms with Crippen LogP contribution in [-0.4, -0.2) is 18.4 Å². The number of carbonyl (C=O) groups excluding carboxylic acids is 2. The van der Waals surface area contributed by atoms with Gasteiger partial charge in [-0.3, -0.25) is 9.59 Å². The first-order valence-corrected chi connectivity index (χ1v) is 8.56. The summed E-state index contributed by atoms with van der Waals surface area (Å²) in [6.45, 7) is 3.75. The van der Waals surface area contributed by atoms with E-state index in [1.165, 1.54) is 0 Å². The van der Waals surface area contributed by atoms with E-state index in [1.54, 1.807) is 26.0 Å². The minimum absolute atomic E-state index is 0.160. The third-order valence-electron chi connectivity index (χ3n) is 3.18. The summed E-state index contributed by atoms with van der Waals surface area (Å²) in [6.07, 6.45) is 0.190. The number of halogens is 2. The maximum absolute atomic E-state index is 12.1. The SMILES string of the molecule is Cc1oc(C)c(C(=O)NCCC(=O)Nc2ccc(Br)cc2)c1Br. The summed E-state index contributed by atoms with van der Waals surface area (Å²) in [5, 5.41) is 5.49. The molecule has 0 fully saturated rings. The van der Waals surface area contributed by atoms with Gasteiger partial charge in [0.1, 0.15) is 11.5 Å². The van der Waals surface area contributed by atoms with Crippen molar-refractivity contribution in [3.8, 4) is 0 Å². The summed E-state index contributed by atoms with van der Waals surface area (Å²) >= 11 is 6.67. The quantitative estimate of drug-likeness (QED) is 0.727. The van der Waals surface area contributed by atoms with E-state index in [0.29, 0.717) is 27.2 Å². The smallest absolute Gasteiger partial charge is 0.256 e. The van der Waals surface area contributed by atoms with Crippen molar-refractivity contribution in [1.29, 1.82) is 0 Å².